The van der Waals surface area contributed by atoms with Gasteiger partial charge in [0.05, 0.1) is 26.7 Å². The number of carbonyl (C=O) groups excluding carboxylic acids is 2. The van der Waals surface area contributed by atoms with Gasteiger partial charge < -0.3 is 9.47 Å². The van der Waals surface area contributed by atoms with Crippen LogP contribution in [0.15, 0.2) is 48.5 Å². The molecule has 2 N–H and O–H groups in total. The number of aromatic nitrogens is 3. The maximum atomic E-state index is 12.6. The van der Waals surface area contributed by atoms with Crippen molar-refractivity contribution in [1.29, 1.82) is 0 Å². The molecule has 1 aromatic heterocycles. The van der Waals surface area contributed by atoms with Gasteiger partial charge in [-0.25, -0.2) is 4.68 Å². The first-order chi connectivity index (χ1) is 14.1. The Morgan fingerprint density at radius 2 is 1.90 bits per heavy atom. The minimum absolute atomic E-state index is 0.0999. The maximum Gasteiger partial charge on any atom is 0.258 e. The number of hydrogen-bond acceptors (Lipinski definition) is 6. The molecule has 4 rings (SSSR count). The number of hydrogen-bond donors (Lipinski definition) is 2. The number of anilines is 2. The Morgan fingerprint density at radius 1 is 1.14 bits per heavy atom. The average molecular weight is 393 g/mol. The predicted molar refractivity (Wildman–Crippen MR) is 105 cm³/mol. The lowest BCUT2D eigenvalue weighted by Gasteiger charge is -2.23. The molecule has 0 saturated heterocycles. The summed E-state index contributed by atoms with van der Waals surface area (Å²) < 4.78 is 12.0. The number of carbonyl (C=O) groups is 2. The van der Waals surface area contributed by atoms with Gasteiger partial charge in [0.1, 0.15) is 0 Å². The van der Waals surface area contributed by atoms with E-state index in [1.54, 1.807) is 22.9 Å². The van der Waals surface area contributed by atoms with E-state index in [2.05, 4.69) is 20.7 Å². The van der Waals surface area contributed by atoms with E-state index in [9.17, 15) is 9.59 Å². The summed E-state index contributed by atoms with van der Waals surface area (Å²) in [7, 11) is 3.02. The number of nitrogens with one attached hydrogen (secondary N) is 2. The first-order valence-electron chi connectivity index (χ1n) is 8.93. The van der Waals surface area contributed by atoms with Gasteiger partial charge >= 0.3 is 0 Å². The van der Waals surface area contributed by atoms with Crippen LogP contribution in [0, 0.1) is 0 Å². The van der Waals surface area contributed by atoms with E-state index in [4.69, 9.17) is 9.47 Å². The third kappa shape index (κ3) is 3.62. The van der Waals surface area contributed by atoms with Crippen molar-refractivity contribution >= 4 is 23.7 Å². The van der Waals surface area contributed by atoms with Crippen LogP contribution in [0.2, 0.25) is 0 Å². The van der Waals surface area contributed by atoms with Crippen molar-refractivity contribution in [2.45, 2.75) is 12.5 Å². The standard InChI is InChI=1S/C20H19N5O4/c1-28-15-9-8-13(10-16(15)29-2)18(27)22-19-23-20-21-17(26)11-14(25(20)24-19)12-6-4-3-5-7-12/h3-10,14H,11H2,1-2H3,(H2,21,22,23,24,26,27)/t14-/m0/s1. The minimum atomic E-state index is -0.406. The fourth-order valence-electron chi connectivity index (χ4n) is 3.20. The molecule has 0 fully saturated rings. The molecule has 9 nitrogen and oxygen atoms in total. The summed E-state index contributed by atoms with van der Waals surface area (Å²) in [6.45, 7) is 0. The van der Waals surface area contributed by atoms with Gasteiger partial charge in [0, 0.05) is 5.56 Å². The van der Waals surface area contributed by atoms with Crippen LogP contribution in [-0.4, -0.2) is 40.8 Å². The topological polar surface area (TPSA) is 107 Å². The maximum absolute atomic E-state index is 12.6. The Morgan fingerprint density at radius 3 is 2.62 bits per heavy atom. The zero-order chi connectivity index (χ0) is 20.4. The molecular formula is C20H19N5O4. The summed E-state index contributed by atoms with van der Waals surface area (Å²) in [4.78, 5) is 29.0. The van der Waals surface area contributed by atoms with Crippen molar-refractivity contribution in [1.82, 2.24) is 14.8 Å². The highest BCUT2D eigenvalue weighted by Gasteiger charge is 2.29. The first-order valence-corrected chi connectivity index (χ1v) is 8.93. The smallest absolute Gasteiger partial charge is 0.258 e. The Hall–Kier alpha value is -3.88. The minimum Gasteiger partial charge on any atom is -0.493 e. The van der Waals surface area contributed by atoms with E-state index >= 15 is 0 Å². The van der Waals surface area contributed by atoms with Crippen LogP contribution < -0.4 is 20.1 Å². The number of ether oxygens (including phenoxy) is 2. The summed E-state index contributed by atoms with van der Waals surface area (Å²) in [5.74, 6) is 0.787. The van der Waals surface area contributed by atoms with E-state index in [0.29, 0.717) is 17.1 Å². The SMILES string of the molecule is COc1ccc(C(=O)Nc2nc3n(n2)[C@H](c2ccccc2)CC(=O)N3)cc1OC. The largest absolute Gasteiger partial charge is 0.493 e. The monoisotopic (exact) mass is 393 g/mol. The van der Waals surface area contributed by atoms with Crippen molar-refractivity contribution in [2.75, 3.05) is 24.9 Å². The van der Waals surface area contributed by atoms with Gasteiger partial charge in [-0.2, -0.15) is 4.98 Å². The van der Waals surface area contributed by atoms with E-state index in [-0.39, 0.29) is 30.3 Å². The van der Waals surface area contributed by atoms with E-state index in [1.165, 1.54) is 14.2 Å². The lowest BCUT2D eigenvalue weighted by molar-refractivity contribution is -0.117. The second-order valence-electron chi connectivity index (χ2n) is 6.41. The number of rotatable bonds is 5. The molecule has 1 aliphatic rings. The Balaban J connectivity index is 1.60. The molecule has 2 amide bonds. The zero-order valence-electron chi connectivity index (χ0n) is 15.9. The molecule has 0 radical (unpaired) electrons. The first kappa shape index (κ1) is 18.5. The quantitative estimate of drug-likeness (QED) is 0.690. The molecule has 1 atom stereocenters. The molecule has 0 saturated carbocycles. The number of methoxy groups -OCH3 is 2. The molecule has 9 heteroatoms. The van der Waals surface area contributed by atoms with Gasteiger partial charge in [-0.05, 0) is 23.8 Å². The summed E-state index contributed by atoms with van der Waals surface area (Å²) in [5, 5.41) is 9.74. The van der Waals surface area contributed by atoms with Crippen LogP contribution in [0.4, 0.5) is 11.9 Å². The van der Waals surface area contributed by atoms with Gasteiger partial charge in [-0.15, -0.1) is 5.10 Å². The third-order valence-electron chi connectivity index (χ3n) is 4.61. The van der Waals surface area contributed by atoms with Gasteiger partial charge in [-0.1, -0.05) is 30.3 Å². The number of amides is 2. The summed E-state index contributed by atoms with van der Waals surface area (Å²) in [6.07, 6.45) is 0.240. The second kappa shape index (κ2) is 7.63. The molecule has 0 bridgehead atoms. The van der Waals surface area contributed by atoms with E-state index in [1.807, 2.05) is 30.3 Å². The van der Waals surface area contributed by atoms with Crippen LogP contribution in [-0.2, 0) is 4.79 Å². The van der Waals surface area contributed by atoms with Crippen molar-refractivity contribution in [2.24, 2.45) is 0 Å². The lowest BCUT2D eigenvalue weighted by Crippen LogP contribution is -2.29. The van der Waals surface area contributed by atoms with Crippen molar-refractivity contribution in [3.05, 3.63) is 59.7 Å². The van der Waals surface area contributed by atoms with Gasteiger partial charge in [0.2, 0.25) is 11.9 Å². The molecule has 0 unspecified atom stereocenters. The van der Waals surface area contributed by atoms with Crippen LogP contribution in [0.25, 0.3) is 0 Å². The third-order valence-corrected chi connectivity index (χ3v) is 4.61. The van der Waals surface area contributed by atoms with E-state index < -0.39 is 5.91 Å². The highest BCUT2D eigenvalue weighted by Crippen LogP contribution is 2.30. The zero-order valence-corrected chi connectivity index (χ0v) is 15.9. The van der Waals surface area contributed by atoms with Crippen LogP contribution in [0.5, 0.6) is 11.5 Å². The Kier molecular flexibility index (Phi) is 4.86. The molecule has 0 aliphatic carbocycles. The molecule has 148 valence electrons. The van der Waals surface area contributed by atoms with E-state index in [0.717, 1.165) is 5.56 Å². The summed E-state index contributed by atoms with van der Waals surface area (Å²) >= 11 is 0. The number of fused-ring (bicyclic) bond motifs is 1. The summed E-state index contributed by atoms with van der Waals surface area (Å²) in [5.41, 5.74) is 1.30. The second-order valence-corrected chi connectivity index (χ2v) is 6.41. The molecule has 1 aliphatic heterocycles. The van der Waals surface area contributed by atoms with Gasteiger partial charge in [0.25, 0.3) is 11.9 Å². The highest BCUT2D eigenvalue weighted by molar-refractivity contribution is 6.04. The Labute approximate surface area is 166 Å². The number of benzene rings is 2. The molecule has 29 heavy (non-hydrogen) atoms. The molecular weight excluding hydrogens is 374 g/mol. The van der Waals surface area contributed by atoms with Crippen LogP contribution in [0.1, 0.15) is 28.4 Å². The molecule has 2 aromatic carbocycles. The van der Waals surface area contributed by atoms with Crippen molar-refractivity contribution < 1.29 is 19.1 Å². The molecule has 3 aromatic rings. The van der Waals surface area contributed by atoms with Crippen molar-refractivity contribution in [3.63, 3.8) is 0 Å². The lowest BCUT2D eigenvalue weighted by atomic mass is 10.0. The normalized spacial score (nSPS) is 15.2. The van der Waals surface area contributed by atoms with Crippen LogP contribution >= 0.6 is 0 Å². The number of nitrogens with zero attached hydrogens (tertiary/aromatic N) is 3. The predicted octanol–water partition coefficient (Wildman–Crippen LogP) is 2.48. The highest BCUT2D eigenvalue weighted by atomic mass is 16.5. The van der Waals surface area contributed by atoms with Gasteiger partial charge in [0.15, 0.2) is 11.5 Å². The van der Waals surface area contributed by atoms with Crippen LogP contribution in [0.3, 0.4) is 0 Å². The average Bonchev–Trinajstić information content (AvgIpc) is 3.15. The summed E-state index contributed by atoms with van der Waals surface area (Å²) in [6, 6.07) is 14.1. The van der Waals surface area contributed by atoms with Gasteiger partial charge in [-0.3, -0.25) is 20.2 Å². The fourth-order valence-corrected chi connectivity index (χ4v) is 3.20. The fraction of sp³-hybridized carbons (Fsp3) is 0.200. The van der Waals surface area contributed by atoms with Crippen molar-refractivity contribution in [3.8, 4) is 11.5 Å². The molecule has 0 spiro atoms. The Bertz CT molecular complexity index is 1060. The molecule has 2 heterocycles.